The molecule has 2 amide bonds. The minimum Gasteiger partial charge on any atom is -0.376 e. The number of hydrogen-bond donors (Lipinski definition) is 1. The predicted octanol–water partition coefficient (Wildman–Crippen LogP) is 3.95. The third-order valence-electron chi connectivity index (χ3n) is 4.35. The Morgan fingerprint density at radius 2 is 2.21 bits per heavy atom. The second kappa shape index (κ2) is 8.31. The Morgan fingerprint density at radius 3 is 2.92 bits per heavy atom. The van der Waals surface area contributed by atoms with Crippen molar-refractivity contribution in [3.63, 3.8) is 0 Å². The number of urea groups is 1. The van der Waals surface area contributed by atoms with Gasteiger partial charge < -0.3 is 15.0 Å². The second-order valence-electron chi connectivity index (χ2n) is 6.18. The van der Waals surface area contributed by atoms with Crippen molar-refractivity contribution in [2.75, 3.05) is 13.2 Å². The van der Waals surface area contributed by atoms with Crippen LogP contribution >= 0.6 is 11.3 Å². The fourth-order valence-corrected chi connectivity index (χ4v) is 3.65. The Balaban J connectivity index is 1.62. The molecule has 0 aliphatic carbocycles. The van der Waals surface area contributed by atoms with Gasteiger partial charge in [0.1, 0.15) is 0 Å². The lowest BCUT2D eigenvalue weighted by Crippen LogP contribution is -2.43. The molecule has 1 aliphatic heterocycles. The van der Waals surface area contributed by atoms with Crippen LogP contribution in [0.5, 0.6) is 0 Å². The third-order valence-corrected chi connectivity index (χ3v) is 5.21. The summed E-state index contributed by atoms with van der Waals surface area (Å²) < 4.78 is 5.72. The van der Waals surface area contributed by atoms with Gasteiger partial charge in [-0.05, 0) is 42.3 Å². The molecule has 0 radical (unpaired) electrons. The highest BCUT2D eigenvalue weighted by Gasteiger charge is 2.23. The van der Waals surface area contributed by atoms with Gasteiger partial charge in [-0.1, -0.05) is 30.3 Å². The molecule has 1 N–H and O–H groups in total. The van der Waals surface area contributed by atoms with Gasteiger partial charge in [-0.2, -0.15) is 0 Å². The summed E-state index contributed by atoms with van der Waals surface area (Å²) in [6.07, 6.45) is 2.28. The van der Waals surface area contributed by atoms with Crippen LogP contribution in [0.15, 0.2) is 41.8 Å². The van der Waals surface area contributed by atoms with E-state index >= 15 is 0 Å². The van der Waals surface area contributed by atoms with E-state index in [1.807, 2.05) is 28.5 Å². The summed E-state index contributed by atoms with van der Waals surface area (Å²) >= 11 is 1.68. The predicted molar refractivity (Wildman–Crippen MR) is 97.1 cm³/mol. The number of aryl methyl sites for hydroxylation is 1. The van der Waals surface area contributed by atoms with Crippen molar-refractivity contribution < 1.29 is 9.53 Å². The maximum atomic E-state index is 12.7. The molecule has 24 heavy (non-hydrogen) atoms. The minimum absolute atomic E-state index is 0.0258. The molecule has 0 bridgehead atoms. The van der Waals surface area contributed by atoms with Crippen molar-refractivity contribution in [1.82, 2.24) is 10.2 Å². The number of thiophene rings is 1. The van der Waals surface area contributed by atoms with Crippen molar-refractivity contribution in [1.29, 1.82) is 0 Å². The van der Waals surface area contributed by atoms with Gasteiger partial charge in [0.05, 0.1) is 12.6 Å². The van der Waals surface area contributed by atoms with Gasteiger partial charge in [-0.25, -0.2) is 4.79 Å². The molecule has 4 nitrogen and oxygen atoms in total. The van der Waals surface area contributed by atoms with Crippen LogP contribution in [0, 0.1) is 6.92 Å². The van der Waals surface area contributed by atoms with E-state index in [4.69, 9.17) is 4.74 Å². The summed E-state index contributed by atoms with van der Waals surface area (Å²) in [5, 5.41) is 5.11. The van der Waals surface area contributed by atoms with Gasteiger partial charge in [0.2, 0.25) is 0 Å². The van der Waals surface area contributed by atoms with Gasteiger partial charge >= 0.3 is 6.03 Å². The standard InChI is InChI=1S/C19H24N2O2S/c1-15-6-2-3-7-16(15)12-20-19(22)21(13-17-8-4-10-23-17)14-18-9-5-11-24-18/h2-3,5-7,9,11,17H,4,8,10,12-14H2,1H3,(H,20,22). The molecular weight excluding hydrogens is 320 g/mol. The fourth-order valence-electron chi connectivity index (χ4n) is 2.94. The molecule has 2 heterocycles. The number of amides is 2. The zero-order valence-electron chi connectivity index (χ0n) is 14.0. The van der Waals surface area contributed by atoms with Gasteiger partial charge in [-0.3, -0.25) is 0 Å². The number of carbonyl (C=O) groups is 1. The monoisotopic (exact) mass is 344 g/mol. The van der Waals surface area contributed by atoms with E-state index in [1.165, 1.54) is 10.4 Å². The number of ether oxygens (including phenoxy) is 1. The van der Waals surface area contributed by atoms with E-state index in [0.29, 0.717) is 19.6 Å². The topological polar surface area (TPSA) is 41.6 Å². The zero-order chi connectivity index (χ0) is 16.8. The zero-order valence-corrected chi connectivity index (χ0v) is 14.8. The van der Waals surface area contributed by atoms with Crippen molar-refractivity contribution in [2.24, 2.45) is 0 Å². The second-order valence-corrected chi connectivity index (χ2v) is 7.21. The van der Waals surface area contributed by atoms with E-state index in [-0.39, 0.29) is 12.1 Å². The number of nitrogens with zero attached hydrogens (tertiary/aromatic N) is 1. The molecule has 1 atom stereocenters. The number of benzene rings is 1. The highest BCUT2D eigenvalue weighted by atomic mass is 32.1. The van der Waals surface area contributed by atoms with Gasteiger partial charge in [0, 0.05) is 24.6 Å². The Bertz CT molecular complexity index is 651. The molecule has 1 saturated heterocycles. The summed E-state index contributed by atoms with van der Waals surface area (Å²) in [6.45, 7) is 4.71. The van der Waals surface area contributed by atoms with E-state index in [0.717, 1.165) is 25.0 Å². The molecule has 1 unspecified atom stereocenters. The van der Waals surface area contributed by atoms with E-state index in [1.54, 1.807) is 11.3 Å². The average Bonchev–Trinajstić information content (AvgIpc) is 3.27. The first-order valence-corrected chi connectivity index (χ1v) is 9.31. The molecule has 128 valence electrons. The summed E-state index contributed by atoms with van der Waals surface area (Å²) in [7, 11) is 0. The molecule has 1 aliphatic rings. The lowest BCUT2D eigenvalue weighted by molar-refractivity contribution is 0.0796. The number of rotatable bonds is 6. The summed E-state index contributed by atoms with van der Waals surface area (Å²) in [4.78, 5) is 15.8. The van der Waals surface area contributed by atoms with Crippen LogP contribution in [0.25, 0.3) is 0 Å². The Labute approximate surface area is 147 Å². The Hall–Kier alpha value is -1.85. The molecule has 0 saturated carbocycles. The van der Waals surface area contributed by atoms with Crippen LogP contribution in [-0.2, 0) is 17.8 Å². The summed E-state index contributed by atoms with van der Waals surface area (Å²) in [5.41, 5.74) is 2.35. The van der Waals surface area contributed by atoms with Crippen molar-refractivity contribution in [3.8, 4) is 0 Å². The maximum Gasteiger partial charge on any atom is 0.318 e. The SMILES string of the molecule is Cc1ccccc1CNC(=O)N(Cc1cccs1)CC1CCCO1. The minimum atomic E-state index is -0.0258. The molecule has 2 aromatic rings. The van der Waals surface area contributed by atoms with Crippen molar-refractivity contribution in [2.45, 2.75) is 39.0 Å². The summed E-state index contributed by atoms with van der Waals surface area (Å²) in [5.74, 6) is 0. The molecule has 1 aromatic heterocycles. The fraction of sp³-hybridized carbons (Fsp3) is 0.421. The quantitative estimate of drug-likeness (QED) is 0.862. The maximum absolute atomic E-state index is 12.7. The van der Waals surface area contributed by atoms with Crippen molar-refractivity contribution in [3.05, 3.63) is 57.8 Å². The van der Waals surface area contributed by atoms with Crippen LogP contribution in [0.1, 0.15) is 28.8 Å². The molecule has 3 rings (SSSR count). The molecule has 1 aromatic carbocycles. The summed E-state index contributed by atoms with van der Waals surface area (Å²) in [6, 6.07) is 12.2. The first kappa shape index (κ1) is 17.0. The largest absolute Gasteiger partial charge is 0.376 e. The van der Waals surface area contributed by atoms with Crippen LogP contribution in [-0.4, -0.2) is 30.2 Å². The third kappa shape index (κ3) is 4.58. The van der Waals surface area contributed by atoms with E-state index in [9.17, 15) is 4.79 Å². The van der Waals surface area contributed by atoms with E-state index in [2.05, 4.69) is 30.4 Å². The normalized spacial score (nSPS) is 17.0. The van der Waals surface area contributed by atoms with Crippen LogP contribution < -0.4 is 5.32 Å². The number of hydrogen-bond acceptors (Lipinski definition) is 3. The lowest BCUT2D eigenvalue weighted by Gasteiger charge is -2.25. The molecule has 5 heteroatoms. The first-order valence-electron chi connectivity index (χ1n) is 8.43. The van der Waals surface area contributed by atoms with Gasteiger partial charge in [0.15, 0.2) is 0 Å². The Morgan fingerprint density at radius 1 is 1.33 bits per heavy atom. The highest BCUT2D eigenvalue weighted by molar-refractivity contribution is 7.09. The van der Waals surface area contributed by atoms with E-state index < -0.39 is 0 Å². The average molecular weight is 344 g/mol. The van der Waals surface area contributed by atoms with Crippen molar-refractivity contribution >= 4 is 17.4 Å². The van der Waals surface area contributed by atoms with Crippen LogP contribution in [0.3, 0.4) is 0 Å². The first-order chi connectivity index (χ1) is 11.7. The smallest absolute Gasteiger partial charge is 0.318 e. The molecule has 0 spiro atoms. The number of carbonyl (C=O) groups excluding carboxylic acids is 1. The number of nitrogens with one attached hydrogen (secondary N) is 1. The van der Waals surface area contributed by atoms with Gasteiger partial charge in [-0.15, -0.1) is 11.3 Å². The lowest BCUT2D eigenvalue weighted by atomic mass is 10.1. The van der Waals surface area contributed by atoms with Gasteiger partial charge in [0.25, 0.3) is 0 Å². The van der Waals surface area contributed by atoms with Crippen LogP contribution in [0.2, 0.25) is 0 Å². The Kier molecular flexibility index (Phi) is 5.88. The highest BCUT2D eigenvalue weighted by Crippen LogP contribution is 2.17. The molecular formula is C19H24N2O2S. The molecule has 1 fully saturated rings. The van der Waals surface area contributed by atoms with Crippen LogP contribution in [0.4, 0.5) is 4.79 Å².